The van der Waals surface area contributed by atoms with Gasteiger partial charge in [-0.3, -0.25) is 9.78 Å². The lowest BCUT2D eigenvalue weighted by Gasteiger charge is -2.20. The Morgan fingerprint density at radius 2 is 1.74 bits per heavy atom. The van der Waals surface area contributed by atoms with E-state index in [0.29, 0.717) is 11.1 Å². The molecule has 0 radical (unpaired) electrons. The highest BCUT2D eigenvalue weighted by Crippen LogP contribution is 2.32. The molecule has 0 saturated carbocycles. The zero-order valence-corrected chi connectivity index (χ0v) is 18.7. The van der Waals surface area contributed by atoms with Gasteiger partial charge < -0.3 is 5.11 Å². The van der Waals surface area contributed by atoms with Crippen LogP contribution in [0.2, 0.25) is 0 Å². The third-order valence-electron chi connectivity index (χ3n) is 6.03. The second-order valence-corrected chi connectivity index (χ2v) is 8.27. The molecule has 170 valence electrons. The van der Waals surface area contributed by atoms with E-state index in [-0.39, 0.29) is 11.5 Å². The van der Waals surface area contributed by atoms with Gasteiger partial charge in [0.15, 0.2) is 0 Å². The van der Waals surface area contributed by atoms with Crippen LogP contribution in [0.4, 0.5) is 4.39 Å². The van der Waals surface area contributed by atoms with Crippen LogP contribution >= 0.6 is 0 Å². The van der Waals surface area contributed by atoms with Crippen LogP contribution in [0.3, 0.4) is 0 Å². The van der Waals surface area contributed by atoms with E-state index < -0.39 is 11.8 Å². The number of aryl methyl sites for hydroxylation is 2. The standard InChI is InChI=1S/C29H24FNO3/c1-19-16-23(14-15-31-19)26(25-5-3-2-4-24(25)18-32)12-8-20-6-9-21(10-7-20)22-11-13-28(30)27(17-22)29(33)34/h2-7,9-11,13-18,26H,8,12H2,1H3,(H,33,34). The van der Waals surface area contributed by atoms with Crippen LogP contribution in [0.5, 0.6) is 0 Å². The molecule has 1 atom stereocenters. The SMILES string of the molecule is Cc1cc(C(CCc2ccc(-c3ccc(F)c(C(=O)O)c3)cc2)c2ccccc2C=O)ccn1. The van der Waals surface area contributed by atoms with Gasteiger partial charge in [-0.25, -0.2) is 9.18 Å². The van der Waals surface area contributed by atoms with Gasteiger partial charge in [-0.1, -0.05) is 54.6 Å². The van der Waals surface area contributed by atoms with Gasteiger partial charge in [0.1, 0.15) is 12.1 Å². The number of aromatic nitrogens is 1. The fourth-order valence-electron chi connectivity index (χ4n) is 4.27. The zero-order valence-electron chi connectivity index (χ0n) is 18.7. The number of carboxylic acids is 1. The number of carboxylic acid groups (broad SMARTS) is 1. The molecular formula is C29H24FNO3. The van der Waals surface area contributed by atoms with Crippen LogP contribution in [0.25, 0.3) is 11.1 Å². The van der Waals surface area contributed by atoms with Gasteiger partial charge in [-0.2, -0.15) is 0 Å². The van der Waals surface area contributed by atoms with E-state index in [4.69, 9.17) is 0 Å². The average Bonchev–Trinajstić information content (AvgIpc) is 2.85. The number of hydrogen-bond acceptors (Lipinski definition) is 3. The molecule has 4 nitrogen and oxygen atoms in total. The molecule has 3 aromatic carbocycles. The first kappa shape index (κ1) is 23.1. The molecule has 1 unspecified atom stereocenters. The Labute approximate surface area is 197 Å². The number of aromatic carboxylic acids is 1. The van der Waals surface area contributed by atoms with Crippen LogP contribution in [0, 0.1) is 12.7 Å². The van der Waals surface area contributed by atoms with Gasteiger partial charge >= 0.3 is 5.97 Å². The van der Waals surface area contributed by atoms with Crippen molar-refractivity contribution in [1.82, 2.24) is 4.98 Å². The van der Waals surface area contributed by atoms with Crippen LogP contribution in [-0.4, -0.2) is 22.3 Å². The first-order chi connectivity index (χ1) is 16.5. The Morgan fingerprint density at radius 3 is 2.44 bits per heavy atom. The minimum absolute atomic E-state index is 0.0398. The number of rotatable bonds is 8. The van der Waals surface area contributed by atoms with E-state index >= 15 is 0 Å². The molecule has 0 aliphatic carbocycles. The summed E-state index contributed by atoms with van der Waals surface area (Å²) in [5.41, 5.74) is 5.96. The molecule has 0 aliphatic heterocycles. The Bertz CT molecular complexity index is 1330. The summed E-state index contributed by atoms with van der Waals surface area (Å²) < 4.78 is 13.7. The minimum atomic E-state index is -1.29. The number of carbonyl (C=O) groups excluding carboxylic acids is 1. The molecule has 4 rings (SSSR count). The van der Waals surface area contributed by atoms with Crippen molar-refractivity contribution < 1.29 is 19.1 Å². The van der Waals surface area contributed by atoms with E-state index in [9.17, 15) is 19.1 Å². The van der Waals surface area contributed by atoms with Crippen LogP contribution in [0.1, 0.15) is 55.4 Å². The van der Waals surface area contributed by atoms with Crippen molar-refractivity contribution in [3.05, 3.63) is 124 Å². The zero-order chi connectivity index (χ0) is 24.1. The maximum atomic E-state index is 13.7. The highest BCUT2D eigenvalue weighted by Gasteiger charge is 2.18. The highest BCUT2D eigenvalue weighted by atomic mass is 19.1. The molecule has 0 fully saturated rings. The topological polar surface area (TPSA) is 67.3 Å². The molecule has 0 spiro atoms. The monoisotopic (exact) mass is 453 g/mol. The molecule has 1 heterocycles. The first-order valence-electron chi connectivity index (χ1n) is 11.0. The number of hydrogen-bond donors (Lipinski definition) is 1. The minimum Gasteiger partial charge on any atom is -0.478 e. The number of aldehydes is 1. The van der Waals surface area contributed by atoms with Crippen LogP contribution < -0.4 is 0 Å². The molecule has 0 bridgehead atoms. The van der Waals surface area contributed by atoms with Gasteiger partial charge in [-0.05, 0) is 71.8 Å². The first-order valence-corrected chi connectivity index (χ1v) is 11.0. The Morgan fingerprint density at radius 1 is 1.00 bits per heavy atom. The largest absolute Gasteiger partial charge is 0.478 e. The van der Waals surface area contributed by atoms with E-state index in [1.54, 1.807) is 12.3 Å². The van der Waals surface area contributed by atoms with Crippen LogP contribution in [-0.2, 0) is 6.42 Å². The fraction of sp³-hybridized carbons (Fsp3) is 0.138. The van der Waals surface area contributed by atoms with Crippen molar-refractivity contribution in [3.63, 3.8) is 0 Å². The number of nitrogens with zero attached hydrogens (tertiary/aromatic N) is 1. The van der Waals surface area contributed by atoms with Crippen molar-refractivity contribution in [2.24, 2.45) is 0 Å². The van der Waals surface area contributed by atoms with Crippen molar-refractivity contribution in [1.29, 1.82) is 0 Å². The van der Waals surface area contributed by atoms with E-state index in [1.165, 1.54) is 12.1 Å². The molecule has 1 N–H and O–H groups in total. The number of carbonyl (C=O) groups is 2. The number of pyridine rings is 1. The summed E-state index contributed by atoms with van der Waals surface area (Å²) in [6.07, 6.45) is 4.28. The smallest absolute Gasteiger partial charge is 0.338 e. The average molecular weight is 454 g/mol. The quantitative estimate of drug-likeness (QED) is 0.311. The summed E-state index contributed by atoms with van der Waals surface area (Å²) in [5, 5.41) is 9.18. The number of halogens is 1. The predicted molar refractivity (Wildman–Crippen MR) is 130 cm³/mol. The predicted octanol–water partition coefficient (Wildman–Crippen LogP) is 6.47. The summed E-state index contributed by atoms with van der Waals surface area (Å²) in [4.78, 5) is 27.2. The second-order valence-electron chi connectivity index (χ2n) is 8.27. The van der Waals surface area contributed by atoms with Gasteiger partial charge in [0.25, 0.3) is 0 Å². The molecule has 5 heteroatoms. The molecule has 1 aromatic heterocycles. The molecule has 34 heavy (non-hydrogen) atoms. The highest BCUT2D eigenvalue weighted by molar-refractivity contribution is 5.89. The summed E-state index contributed by atoms with van der Waals surface area (Å²) in [7, 11) is 0. The Hall–Kier alpha value is -4.12. The lowest BCUT2D eigenvalue weighted by molar-refractivity contribution is 0.0691. The molecule has 0 amide bonds. The Kier molecular flexibility index (Phi) is 6.93. The van der Waals surface area contributed by atoms with Crippen molar-refractivity contribution in [2.45, 2.75) is 25.7 Å². The van der Waals surface area contributed by atoms with E-state index in [2.05, 4.69) is 11.1 Å². The summed E-state index contributed by atoms with van der Waals surface area (Å²) in [5.74, 6) is -2.00. The van der Waals surface area contributed by atoms with E-state index in [1.807, 2.05) is 61.5 Å². The third-order valence-corrected chi connectivity index (χ3v) is 6.03. The van der Waals surface area contributed by atoms with Crippen LogP contribution in [0.15, 0.2) is 85.1 Å². The fourth-order valence-corrected chi connectivity index (χ4v) is 4.27. The van der Waals surface area contributed by atoms with Crippen molar-refractivity contribution in [3.8, 4) is 11.1 Å². The molecule has 4 aromatic rings. The summed E-state index contributed by atoms with van der Waals surface area (Å²) >= 11 is 0. The summed E-state index contributed by atoms with van der Waals surface area (Å²) in [6, 6.07) is 23.7. The lowest BCUT2D eigenvalue weighted by Crippen LogP contribution is -2.07. The van der Waals surface area contributed by atoms with E-state index in [0.717, 1.165) is 47.1 Å². The second kappa shape index (κ2) is 10.2. The third kappa shape index (κ3) is 5.09. The Balaban J connectivity index is 1.58. The molecular weight excluding hydrogens is 429 g/mol. The summed E-state index contributed by atoms with van der Waals surface area (Å²) in [6.45, 7) is 1.95. The van der Waals surface area contributed by atoms with Gasteiger partial charge in [0, 0.05) is 23.4 Å². The number of benzene rings is 3. The van der Waals surface area contributed by atoms with Gasteiger partial charge in [0.05, 0.1) is 5.56 Å². The maximum Gasteiger partial charge on any atom is 0.338 e. The molecule has 0 saturated heterocycles. The van der Waals surface area contributed by atoms with Crippen molar-refractivity contribution >= 4 is 12.3 Å². The van der Waals surface area contributed by atoms with Crippen molar-refractivity contribution in [2.75, 3.05) is 0 Å². The maximum absolute atomic E-state index is 13.7. The molecule has 0 aliphatic rings. The van der Waals surface area contributed by atoms with Gasteiger partial charge in [-0.15, -0.1) is 0 Å². The lowest BCUT2D eigenvalue weighted by atomic mass is 9.84. The van der Waals surface area contributed by atoms with Gasteiger partial charge in [0.2, 0.25) is 0 Å². The normalized spacial score (nSPS) is 11.7.